The third-order valence-corrected chi connectivity index (χ3v) is 2.77. The van der Waals surface area contributed by atoms with Crippen LogP contribution in [-0.4, -0.2) is 18.2 Å². The van der Waals surface area contributed by atoms with Crippen molar-refractivity contribution in [2.45, 2.75) is 0 Å². The van der Waals surface area contributed by atoms with Crippen LogP contribution in [0, 0.1) is 0 Å². The second-order valence-electron chi connectivity index (χ2n) is 3.70. The molecule has 0 aliphatic carbocycles. The van der Waals surface area contributed by atoms with Gasteiger partial charge in [-0.15, -0.1) is 0 Å². The van der Waals surface area contributed by atoms with E-state index >= 15 is 0 Å². The van der Waals surface area contributed by atoms with Gasteiger partial charge in [0.25, 0.3) is 0 Å². The maximum Gasteiger partial charge on any atom is 0.341 e. The Hall–Kier alpha value is -2.20. The van der Waals surface area contributed by atoms with Crippen molar-refractivity contribution >= 4 is 17.6 Å². The molecule has 0 atom stereocenters. The van der Waals surface area contributed by atoms with Crippen LogP contribution >= 0.6 is 11.6 Å². The van der Waals surface area contributed by atoms with Gasteiger partial charge in [0.05, 0.1) is 12.1 Å². The standard InChI is InChI=1S/C14H11ClO4/c1-18-9-4-2-5-10(8-9)19-12-7-3-6-11(15)13(12)14(16)17/h2-8H,1H3,(H,16,17). The van der Waals surface area contributed by atoms with E-state index in [1.54, 1.807) is 43.5 Å². The van der Waals surface area contributed by atoms with Crippen molar-refractivity contribution in [3.63, 3.8) is 0 Å². The minimum atomic E-state index is -1.14. The number of aromatic carboxylic acids is 1. The molecule has 1 N–H and O–H groups in total. The van der Waals surface area contributed by atoms with Crippen molar-refractivity contribution in [2.75, 3.05) is 7.11 Å². The van der Waals surface area contributed by atoms with Gasteiger partial charge in [-0.3, -0.25) is 0 Å². The first-order valence-electron chi connectivity index (χ1n) is 5.45. The number of carboxylic acid groups (broad SMARTS) is 1. The molecule has 0 saturated heterocycles. The molecule has 0 saturated carbocycles. The van der Waals surface area contributed by atoms with Crippen LogP contribution in [0.5, 0.6) is 17.2 Å². The molecular weight excluding hydrogens is 268 g/mol. The van der Waals surface area contributed by atoms with Crippen molar-refractivity contribution in [2.24, 2.45) is 0 Å². The second-order valence-corrected chi connectivity index (χ2v) is 4.11. The number of carbonyl (C=O) groups is 1. The average molecular weight is 279 g/mol. The lowest BCUT2D eigenvalue weighted by molar-refractivity contribution is 0.0694. The van der Waals surface area contributed by atoms with Crippen LogP contribution in [0.15, 0.2) is 42.5 Å². The fraction of sp³-hybridized carbons (Fsp3) is 0.0714. The number of rotatable bonds is 4. The lowest BCUT2D eigenvalue weighted by Gasteiger charge is -2.10. The number of methoxy groups -OCH3 is 1. The Bertz CT molecular complexity index is 610. The molecule has 0 radical (unpaired) electrons. The van der Waals surface area contributed by atoms with E-state index in [4.69, 9.17) is 26.2 Å². The Balaban J connectivity index is 2.38. The summed E-state index contributed by atoms with van der Waals surface area (Å²) in [6.07, 6.45) is 0. The number of ether oxygens (including phenoxy) is 2. The normalized spacial score (nSPS) is 10.0. The topological polar surface area (TPSA) is 55.8 Å². The zero-order valence-electron chi connectivity index (χ0n) is 10.1. The molecule has 0 aliphatic heterocycles. The number of halogens is 1. The predicted octanol–water partition coefficient (Wildman–Crippen LogP) is 3.84. The van der Waals surface area contributed by atoms with Gasteiger partial charge in [0, 0.05) is 6.07 Å². The molecule has 0 heterocycles. The van der Waals surface area contributed by atoms with Crippen LogP contribution in [-0.2, 0) is 0 Å². The SMILES string of the molecule is COc1cccc(Oc2cccc(Cl)c2C(=O)O)c1. The van der Waals surface area contributed by atoms with Gasteiger partial charge in [0.2, 0.25) is 0 Å². The Morgan fingerprint density at radius 3 is 2.53 bits per heavy atom. The molecule has 2 aromatic rings. The summed E-state index contributed by atoms with van der Waals surface area (Å²) in [7, 11) is 1.54. The largest absolute Gasteiger partial charge is 0.497 e. The van der Waals surface area contributed by atoms with E-state index in [1.807, 2.05) is 0 Å². The van der Waals surface area contributed by atoms with Crippen LogP contribution in [0.4, 0.5) is 0 Å². The second kappa shape index (κ2) is 5.63. The Kier molecular flexibility index (Phi) is 3.92. The van der Waals surface area contributed by atoms with Gasteiger partial charge in [0.1, 0.15) is 22.8 Å². The summed E-state index contributed by atoms with van der Waals surface area (Å²) in [5, 5.41) is 9.27. The summed E-state index contributed by atoms with van der Waals surface area (Å²) in [5.41, 5.74) is -0.0630. The zero-order chi connectivity index (χ0) is 13.8. The van der Waals surface area contributed by atoms with Crippen LogP contribution in [0.1, 0.15) is 10.4 Å². The highest BCUT2D eigenvalue weighted by Gasteiger charge is 2.16. The van der Waals surface area contributed by atoms with Crippen molar-refractivity contribution in [3.8, 4) is 17.2 Å². The van der Waals surface area contributed by atoms with Gasteiger partial charge in [-0.1, -0.05) is 23.7 Å². The smallest absolute Gasteiger partial charge is 0.341 e. The third-order valence-electron chi connectivity index (χ3n) is 2.46. The summed E-state index contributed by atoms with van der Waals surface area (Å²) in [6.45, 7) is 0. The van der Waals surface area contributed by atoms with Crippen molar-refractivity contribution in [1.82, 2.24) is 0 Å². The summed E-state index contributed by atoms with van der Waals surface area (Å²) in [5.74, 6) is 0.150. The van der Waals surface area contributed by atoms with Crippen LogP contribution in [0.2, 0.25) is 5.02 Å². The molecule has 0 aliphatic rings. The first-order valence-corrected chi connectivity index (χ1v) is 5.83. The molecule has 0 spiro atoms. The molecule has 0 unspecified atom stereocenters. The third kappa shape index (κ3) is 2.98. The molecular formula is C14H11ClO4. The summed E-state index contributed by atoms with van der Waals surface area (Å²) in [4.78, 5) is 11.2. The van der Waals surface area contributed by atoms with Crippen molar-refractivity contribution in [3.05, 3.63) is 53.1 Å². The zero-order valence-corrected chi connectivity index (χ0v) is 10.8. The van der Waals surface area contributed by atoms with E-state index in [0.717, 1.165) is 0 Å². The molecule has 0 bridgehead atoms. The average Bonchev–Trinajstić information content (AvgIpc) is 2.38. The number of hydrogen-bond donors (Lipinski definition) is 1. The highest BCUT2D eigenvalue weighted by atomic mass is 35.5. The summed E-state index contributed by atoms with van der Waals surface area (Å²) >= 11 is 5.86. The molecule has 0 amide bonds. The number of carboxylic acids is 1. The maximum atomic E-state index is 11.2. The van der Waals surface area contributed by atoms with E-state index in [2.05, 4.69) is 0 Å². The van der Waals surface area contributed by atoms with E-state index < -0.39 is 5.97 Å². The van der Waals surface area contributed by atoms with Gasteiger partial charge in [0.15, 0.2) is 0 Å². The number of benzene rings is 2. The highest BCUT2D eigenvalue weighted by Crippen LogP contribution is 2.31. The van der Waals surface area contributed by atoms with Gasteiger partial charge in [-0.05, 0) is 24.3 Å². The van der Waals surface area contributed by atoms with Crippen molar-refractivity contribution in [1.29, 1.82) is 0 Å². The maximum absolute atomic E-state index is 11.2. The minimum absolute atomic E-state index is 0.0630. The Morgan fingerprint density at radius 2 is 1.84 bits per heavy atom. The lowest BCUT2D eigenvalue weighted by atomic mass is 10.2. The Labute approximate surface area is 115 Å². The fourth-order valence-electron chi connectivity index (χ4n) is 1.59. The van der Waals surface area contributed by atoms with E-state index in [0.29, 0.717) is 11.5 Å². The number of hydrogen-bond acceptors (Lipinski definition) is 3. The molecule has 4 nitrogen and oxygen atoms in total. The van der Waals surface area contributed by atoms with Gasteiger partial charge in [-0.25, -0.2) is 4.79 Å². The van der Waals surface area contributed by atoms with Crippen LogP contribution in [0.3, 0.4) is 0 Å². The molecule has 5 heteroatoms. The fourth-order valence-corrected chi connectivity index (χ4v) is 1.84. The van der Waals surface area contributed by atoms with Gasteiger partial charge < -0.3 is 14.6 Å². The predicted molar refractivity (Wildman–Crippen MR) is 71.5 cm³/mol. The molecule has 0 aromatic heterocycles. The summed E-state index contributed by atoms with van der Waals surface area (Å²) in [6, 6.07) is 11.6. The van der Waals surface area contributed by atoms with Crippen LogP contribution in [0.25, 0.3) is 0 Å². The Morgan fingerprint density at radius 1 is 1.16 bits per heavy atom. The molecule has 2 aromatic carbocycles. The molecule has 0 fully saturated rings. The van der Waals surface area contributed by atoms with E-state index in [1.165, 1.54) is 6.07 Å². The van der Waals surface area contributed by atoms with Crippen LogP contribution < -0.4 is 9.47 Å². The first kappa shape index (κ1) is 13.2. The molecule has 2 rings (SSSR count). The highest BCUT2D eigenvalue weighted by molar-refractivity contribution is 6.33. The van der Waals surface area contributed by atoms with E-state index in [9.17, 15) is 4.79 Å². The van der Waals surface area contributed by atoms with Gasteiger partial charge >= 0.3 is 5.97 Å². The lowest BCUT2D eigenvalue weighted by Crippen LogP contribution is -2.01. The minimum Gasteiger partial charge on any atom is -0.497 e. The first-order chi connectivity index (χ1) is 9.11. The quantitative estimate of drug-likeness (QED) is 0.923. The summed E-state index contributed by atoms with van der Waals surface area (Å²) < 4.78 is 10.6. The van der Waals surface area contributed by atoms with E-state index in [-0.39, 0.29) is 16.3 Å². The monoisotopic (exact) mass is 278 g/mol. The molecule has 98 valence electrons. The van der Waals surface area contributed by atoms with Crippen molar-refractivity contribution < 1.29 is 19.4 Å². The van der Waals surface area contributed by atoms with Gasteiger partial charge in [-0.2, -0.15) is 0 Å². The molecule has 19 heavy (non-hydrogen) atoms.